The minimum atomic E-state index is -4.31. The van der Waals surface area contributed by atoms with E-state index >= 15 is 4.39 Å². The van der Waals surface area contributed by atoms with Crippen LogP contribution in [-0.2, 0) is 25.9 Å². The molecule has 1 saturated carbocycles. The number of carbonyl (C=O) groups is 3. The van der Waals surface area contributed by atoms with Crippen LogP contribution in [0.25, 0.3) is 0 Å². The van der Waals surface area contributed by atoms with E-state index in [-0.39, 0.29) is 36.1 Å². The second-order valence-corrected chi connectivity index (χ2v) is 14.4. The number of carbonyl (C=O) groups excluding carboxylic acids is 3. The van der Waals surface area contributed by atoms with Crippen LogP contribution >= 0.6 is 11.6 Å². The van der Waals surface area contributed by atoms with Crippen molar-refractivity contribution in [3.63, 3.8) is 0 Å². The molecule has 1 aliphatic carbocycles. The largest absolute Gasteiger partial charge is 0.444 e. The maximum atomic E-state index is 15.5. The fraction of sp³-hybridized carbons (Fsp3) is 0.344. The number of hydrogen-bond acceptors (Lipinski definition) is 6. The number of alkyl carbamates (subject to hydrolysis) is 1. The molecule has 0 unspecified atom stereocenters. The molecular weight excluding hydrogens is 595 g/mol. The van der Waals surface area contributed by atoms with Crippen LogP contribution in [0.3, 0.4) is 0 Å². The van der Waals surface area contributed by atoms with E-state index in [4.69, 9.17) is 16.3 Å². The minimum Gasteiger partial charge on any atom is -0.444 e. The standard InChI is InChI=1S/C32H32ClFN2O6S/c1-32(2,3)42-31(39)35-26-18-43(40,41)29-16-25(34)24(28(37)14-21-13-23(21)20-7-5-4-6-8-20)15-27(29)36(30(26)38)17-19-9-11-22(33)12-10-19/h4-12,15-16,21,23,26H,13-14,17-18H2,1-3H3,(H,35,39)/t21-,23-,26+/m1/s1. The minimum absolute atomic E-state index is 0.0334. The van der Waals surface area contributed by atoms with Crippen LogP contribution in [0.1, 0.15) is 61.0 Å². The number of ketones is 1. The lowest BCUT2D eigenvalue weighted by Gasteiger charge is -2.27. The fourth-order valence-electron chi connectivity index (χ4n) is 5.32. The summed E-state index contributed by atoms with van der Waals surface area (Å²) in [7, 11) is -4.31. The molecule has 0 saturated heterocycles. The maximum Gasteiger partial charge on any atom is 0.408 e. The van der Waals surface area contributed by atoms with Gasteiger partial charge in [0.2, 0.25) is 0 Å². The van der Waals surface area contributed by atoms with Crippen molar-refractivity contribution in [3.05, 3.63) is 94.3 Å². The van der Waals surface area contributed by atoms with Gasteiger partial charge >= 0.3 is 6.09 Å². The highest BCUT2D eigenvalue weighted by Crippen LogP contribution is 2.50. The molecule has 1 aliphatic heterocycles. The highest BCUT2D eigenvalue weighted by molar-refractivity contribution is 7.91. The molecule has 3 atom stereocenters. The number of sulfone groups is 1. The molecule has 3 aromatic rings. The molecule has 0 aromatic heterocycles. The van der Waals surface area contributed by atoms with Crippen LogP contribution < -0.4 is 10.2 Å². The number of fused-ring (bicyclic) bond motifs is 1. The van der Waals surface area contributed by atoms with Crippen LogP contribution in [0.5, 0.6) is 0 Å². The third kappa shape index (κ3) is 7.08. The Kier molecular flexibility index (Phi) is 8.37. The van der Waals surface area contributed by atoms with Crippen molar-refractivity contribution in [2.45, 2.75) is 62.6 Å². The molecule has 1 heterocycles. The van der Waals surface area contributed by atoms with Crippen LogP contribution in [-0.4, -0.2) is 43.6 Å². The topological polar surface area (TPSA) is 110 Å². The third-order valence-corrected chi connectivity index (χ3v) is 9.49. The summed E-state index contributed by atoms with van der Waals surface area (Å²) in [6.07, 6.45) is -0.107. The number of amides is 2. The van der Waals surface area contributed by atoms with Gasteiger partial charge in [0, 0.05) is 11.4 Å². The second kappa shape index (κ2) is 11.7. The van der Waals surface area contributed by atoms with E-state index in [2.05, 4.69) is 5.32 Å². The first-order valence-corrected chi connectivity index (χ1v) is 15.9. The quantitative estimate of drug-likeness (QED) is 0.319. The summed E-state index contributed by atoms with van der Waals surface area (Å²) in [6.45, 7) is 4.77. The number of ether oxygens (including phenoxy) is 1. The average Bonchev–Trinajstić information content (AvgIpc) is 3.70. The van der Waals surface area contributed by atoms with Crippen molar-refractivity contribution in [1.82, 2.24) is 5.32 Å². The molecule has 11 heteroatoms. The zero-order chi connectivity index (χ0) is 31.1. The SMILES string of the molecule is CC(C)(C)OC(=O)N[C@H]1CS(=O)(=O)c2cc(F)c(C(=O)C[C@H]3C[C@@H]3c3ccccc3)cc2N(Cc2ccc(Cl)cc2)C1=O. The third-order valence-electron chi connectivity index (χ3n) is 7.47. The summed E-state index contributed by atoms with van der Waals surface area (Å²) >= 11 is 6.03. The Balaban J connectivity index is 1.50. The molecule has 1 fully saturated rings. The summed E-state index contributed by atoms with van der Waals surface area (Å²) in [4.78, 5) is 40.6. The van der Waals surface area contributed by atoms with Gasteiger partial charge in [0.25, 0.3) is 5.91 Å². The van der Waals surface area contributed by atoms with E-state index in [0.29, 0.717) is 10.6 Å². The number of nitrogens with one attached hydrogen (secondary N) is 1. The van der Waals surface area contributed by atoms with Gasteiger partial charge in [0.05, 0.1) is 28.4 Å². The first-order chi connectivity index (χ1) is 20.2. The normalized spacial score (nSPS) is 21.0. The van der Waals surface area contributed by atoms with Gasteiger partial charge in [0.15, 0.2) is 15.6 Å². The van der Waals surface area contributed by atoms with Crippen LogP contribution in [0.4, 0.5) is 14.9 Å². The fourth-order valence-corrected chi connectivity index (χ4v) is 7.06. The number of hydrogen-bond donors (Lipinski definition) is 1. The van der Waals surface area contributed by atoms with Gasteiger partial charge in [-0.2, -0.15) is 0 Å². The first kappa shape index (κ1) is 30.7. The van der Waals surface area contributed by atoms with E-state index in [9.17, 15) is 22.8 Å². The molecule has 3 aromatic carbocycles. The molecular formula is C32H32ClFN2O6S. The zero-order valence-corrected chi connectivity index (χ0v) is 25.5. The summed E-state index contributed by atoms with van der Waals surface area (Å²) < 4.78 is 47.8. The van der Waals surface area contributed by atoms with E-state index in [0.717, 1.165) is 29.0 Å². The summed E-state index contributed by atoms with van der Waals surface area (Å²) in [5.74, 6) is -2.81. The van der Waals surface area contributed by atoms with Gasteiger partial charge in [-0.3, -0.25) is 9.59 Å². The van der Waals surface area contributed by atoms with Crippen LogP contribution in [0.2, 0.25) is 5.02 Å². The lowest BCUT2D eigenvalue weighted by molar-refractivity contribution is -0.120. The van der Waals surface area contributed by atoms with Crippen molar-refractivity contribution in [2.75, 3.05) is 10.7 Å². The monoisotopic (exact) mass is 626 g/mol. The lowest BCUT2D eigenvalue weighted by atomic mass is 10.0. The summed E-state index contributed by atoms with van der Waals surface area (Å²) in [5, 5.41) is 2.83. The Morgan fingerprint density at radius 1 is 1.07 bits per heavy atom. The second-order valence-electron chi connectivity index (χ2n) is 12.0. The number of Topliss-reactive ketones (excluding diaryl/α,β-unsaturated/α-hetero) is 1. The Labute approximate surface area is 255 Å². The van der Waals surface area contributed by atoms with Gasteiger partial charge < -0.3 is 15.0 Å². The Hall–Kier alpha value is -3.76. The summed E-state index contributed by atoms with van der Waals surface area (Å²) in [6, 6.07) is 16.7. The van der Waals surface area contributed by atoms with Crippen LogP contribution in [0.15, 0.2) is 71.6 Å². The predicted octanol–water partition coefficient (Wildman–Crippen LogP) is 6.07. The van der Waals surface area contributed by atoms with Gasteiger partial charge in [-0.05, 0) is 74.4 Å². The van der Waals surface area contributed by atoms with Gasteiger partial charge in [0.1, 0.15) is 17.5 Å². The molecule has 0 bridgehead atoms. The van der Waals surface area contributed by atoms with Crippen molar-refractivity contribution in [1.29, 1.82) is 0 Å². The van der Waals surface area contributed by atoms with Gasteiger partial charge in [-0.15, -0.1) is 0 Å². The maximum absolute atomic E-state index is 15.5. The Morgan fingerprint density at radius 3 is 2.40 bits per heavy atom. The zero-order valence-electron chi connectivity index (χ0n) is 24.0. The number of rotatable bonds is 7. The molecule has 8 nitrogen and oxygen atoms in total. The molecule has 5 rings (SSSR count). The summed E-state index contributed by atoms with van der Waals surface area (Å²) in [5.41, 5.74) is 0.382. The highest BCUT2D eigenvalue weighted by Gasteiger charge is 2.42. The van der Waals surface area contributed by atoms with Crippen molar-refractivity contribution >= 4 is 44.9 Å². The van der Waals surface area contributed by atoms with Crippen LogP contribution in [0, 0.1) is 11.7 Å². The molecule has 0 spiro atoms. The predicted molar refractivity (Wildman–Crippen MR) is 160 cm³/mol. The van der Waals surface area contributed by atoms with Crippen molar-refractivity contribution < 1.29 is 31.9 Å². The molecule has 43 heavy (non-hydrogen) atoms. The Bertz CT molecular complexity index is 1670. The van der Waals surface area contributed by atoms with E-state index in [1.165, 1.54) is 0 Å². The van der Waals surface area contributed by atoms with Crippen molar-refractivity contribution in [3.8, 4) is 0 Å². The van der Waals surface area contributed by atoms with Gasteiger partial charge in [-0.25, -0.2) is 17.6 Å². The molecule has 0 radical (unpaired) electrons. The molecule has 2 amide bonds. The first-order valence-electron chi connectivity index (χ1n) is 13.9. The highest BCUT2D eigenvalue weighted by atomic mass is 35.5. The van der Waals surface area contributed by atoms with E-state index in [1.807, 2.05) is 30.3 Å². The molecule has 226 valence electrons. The average molecular weight is 627 g/mol. The smallest absolute Gasteiger partial charge is 0.408 e. The number of nitrogens with zero attached hydrogens (tertiary/aromatic N) is 1. The van der Waals surface area contributed by atoms with E-state index < -0.39 is 55.7 Å². The Morgan fingerprint density at radius 2 is 1.74 bits per heavy atom. The number of anilines is 1. The number of benzene rings is 3. The molecule has 2 aliphatic rings. The lowest BCUT2D eigenvalue weighted by Crippen LogP contribution is -2.51. The number of halogens is 2. The van der Waals surface area contributed by atoms with Gasteiger partial charge in [-0.1, -0.05) is 54.1 Å². The van der Waals surface area contributed by atoms with Crippen molar-refractivity contribution in [2.24, 2.45) is 5.92 Å². The molecule has 1 N–H and O–H groups in total. The van der Waals surface area contributed by atoms with E-state index in [1.54, 1.807) is 45.0 Å².